The number of anilines is 1. The minimum atomic E-state index is -0.445. The zero-order valence-corrected chi connectivity index (χ0v) is 16.3. The van der Waals surface area contributed by atoms with Gasteiger partial charge in [0.15, 0.2) is 0 Å². The standard InChI is InChI=1S/C23H23NO5/c1-2-28-17-11-9-16(10-12-17)24-21(25)19-13-8-15(14-20(19)22(24)26)23(27)29-18-6-4-3-5-7-18/h8-14,18H,2-7H2,1H3. The van der Waals surface area contributed by atoms with Gasteiger partial charge in [-0.2, -0.15) is 0 Å². The van der Waals surface area contributed by atoms with Gasteiger partial charge in [-0.15, -0.1) is 0 Å². The monoisotopic (exact) mass is 393 g/mol. The fourth-order valence-corrected chi connectivity index (χ4v) is 3.86. The Hall–Kier alpha value is -3.15. The van der Waals surface area contributed by atoms with Crippen LogP contribution in [0.4, 0.5) is 5.69 Å². The van der Waals surface area contributed by atoms with Crippen molar-refractivity contribution in [3.05, 3.63) is 59.2 Å². The number of benzene rings is 2. The van der Waals surface area contributed by atoms with Gasteiger partial charge in [0.25, 0.3) is 11.8 Å². The van der Waals surface area contributed by atoms with E-state index in [1.165, 1.54) is 18.6 Å². The van der Waals surface area contributed by atoms with Crippen LogP contribution in [0.1, 0.15) is 70.1 Å². The molecule has 2 aromatic carbocycles. The van der Waals surface area contributed by atoms with Crippen molar-refractivity contribution in [2.45, 2.75) is 45.1 Å². The zero-order valence-electron chi connectivity index (χ0n) is 16.3. The second-order valence-electron chi connectivity index (χ2n) is 7.30. The summed E-state index contributed by atoms with van der Waals surface area (Å²) in [6.45, 7) is 2.42. The summed E-state index contributed by atoms with van der Waals surface area (Å²) in [4.78, 5) is 39.3. The normalized spacial score (nSPS) is 16.7. The predicted octanol–water partition coefficient (Wildman–Crippen LogP) is 4.38. The average Bonchev–Trinajstić information content (AvgIpc) is 2.99. The van der Waals surface area contributed by atoms with Gasteiger partial charge < -0.3 is 9.47 Å². The van der Waals surface area contributed by atoms with E-state index in [4.69, 9.17) is 9.47 Å². The quantitative estimate of drug-likeness (QED) is 0.557. The van der Waals surface area contributed by atoms with Crippen molar-refractivity contribution >= 4 is 23.5 Å². The summed E-state index contributed by atoms with van der Waals surface area (Å²) in [5, 5.41) is 0. The molecule has 1 aliphatic heterocycles. The second-order valence-corrected chi connectivity index (χ2v) is 7.30. The fraction of sp³-hybridized carbons (Fsp3) is 0.348. The first-order valence-corrected chi connectivity index (χ1v) is 10.0. The van der Waals surface area contributed by atoms with E-state index in [2.05, 4.69) is 0 Å². The van der Waals surface area contributed by atoms with Crippen LogP contribution >= 0.6 is 0 Å². The second kappa shape index (κ2) is 8.07. The molecular weight excluding hydrogens is 370 g/mol. The molecule has 0 saturated heterocycles. The van der Waals surface area contributed by atoms with Crippen molar-refractivity contribution in [3.8, 4) is 5.75 Å². The maximum Gasteiger partial charge on any atom is 0.338 e. The number of fused-ring (bicyclic) bond motifs is 1. The Morgan fingerprint density at radius 2 is 1.66 bits per heavy atom. The summed E-state index contributed by atoms with van der Waals surface area (Å²) in [5.41, 5.74) is 1.27. The molecule has 1 aliphatic carbocycles. The van der Waals surface area contributed by atoms with Crippen molar-refractivity contribution in [1.82, 2.24) is 0 Å². The molecule has 0 N–H and O–H groups in total. The topological polar surface area (TPSA) is 72.9 Å². The van der Waals surface area contributed by atoms with E-state index in [1.54, 1.807) is 30.3 Å². The number of carbonyl (C=O) groups excluding carboxylic acids is 3. The van der Waals surface area contributed by atoms with Crippen LogP contribution in [-0.2, 0) is 4.74 Å². The number of hydrogen-bond acceptors (Lipinski definition) is 5. The number of rotatable bonds is 5. The highest BCUT2D eigenvalue weighted by atomic mass is 16.5. The Kier molecular flexibility index (Phi) is 5.34. The molecule has 4 rings (SSSR count). The van der Waals surface area contributed by atoms with Gasteiger partial charge in [0.05, 0.1) is 29.0 Å². The lowest BCUT2D eigenvalue weighted by Crippen LogP contribution is -2.29. The lowest BCUT2D eigenvalue weighted by Gasteiger charge is -2.21. The highest BCUT2D eigenvalue weighted by Crippen LogP contribution is 2.31. The summed E-state index contributed by atoms with van der Waals surface area (Å²) in [7, 11) is 0. The lowest BCUT2D eigenvalue weighted by atomic mass is 9.97. The summed E-state index contributed by atoms with van der Waals surface area (Å²) in [6, 6.07) is 11.3. The van der Waals surface area contributed by atoms with Crippen LogP contribution in [0, 0.1) is 0 Å². The number of imide groups is 1. The van der Waals surface area contributed by atoms with Gasteiger partial charge in [0.1, 0.15) is 11.9 Å². The first kappa shape index (κ1) is 19.2. The third-order valence-corrected chi connectivity index (χ3v) is 5.35. The first-order valence-electron chi connectivity index (χ1n) is 10.0. The van der Waals surface area contributed by atoms with Crippen LogP contribution < -0.4 is 9.64 Å². The molecule has 0 bridgehead atoms. The Balaban J connectivity index is 1.55. The molecule has 6 heteroatoms. The lowest BCUT2D eigenvalue weighted by molar-refractivity contribution is 0.0211. The maximum absolute atomic E-state index is 12.9. The number of esters is 1. The van der Waals surface area contributed by atoms with Gasteiger partial charge in [-0.3, -0.25) is 9.59 Å². The molecule has 29 heavy (non-hydrogen) atoms. The van der Waals surface area contributed by atoms with Gasteiger partial charge >= 0.3 is 5.97 Å². The van der Waals surface area contributed by atoms with Crippen LogP contribution in [0.15, 0.2) is 42.5 Å². The predicted molar refractivity (Wildman–Crippen MR) is 107 cm³/mol. The number of hydrogen-bond donors (Lipinski definition) is 0. The van der Waals surface area contributed by atoms with Crippen LogP contribution in [0.2, 0.25) is 0 Å². The SMILES string of the molecule is CCOc1ccc(N2C(=O)c3ccc(C(=O)OC4CCCCC4)cc3C2=O)cc1. The van der Waals surface area contributed by atoms with E-state index < -0.39 is 17.8 Å². The highest BCUT2D eigenvalue weighted by molar-refractivity contribution is 6.34. The van der Waals surface area contributed by atoms with E-state index in [0.29, 0.717) is 23.6 Å². The molecule has 0 aromatic heterocycles. The molecular formula is C23H23NO5. The third-order valence-electron chi connectivity index (χ3n) is 5.35. The van der Waals surface area contributed by atoms with Crippen LogP contribution in [-0.4, -0.2) is 30.5 Å². The summed E-state index contributed by atoms with van der Waals surface area (Å²) in [6.07, 6.45) is 4.98. The van der Waals surface area contributed by atoms with Gasteiger partial charge in [-0.1, -0.05) is 6.42 Å². The van der Waals surface area contributed by atoms with Crippen molar-refractivity contribution in [3.63, 3.8) is 0 Å². The zero-order chi connectivity index (χ0) is 20.4. The largest absolute Gasteiger partial charge is 0.494 e. The highest BCUT2D eigenvalue weighted by Gasteiger charge is 2.37. The molecule has 0 spiro atoms. The fourth-order valence-electron chi connectivity index (χ4n) is 3.86. The van der Waals surface area contributed by atoms with Gasteiger partial charge in [-0.25, -0.2) is 9.69 Å². The number of amides is 2. The van der Waals surface area contributed by atoms with Crippen LogP contribution in [0.5, 0.6) is 5.75 Å². The molecule has 1 fully saturated rings. The maximum atomic E-state index is 12.9. The van der Waals surface area contributed by atoms with Crippen LogP contribution in [0.25, 0.3) is 0 Å². The average molecular weight is 393 g/mol. The molecule has 0 atom stereocenters. The Bertz CT molecular complexity index is 944. The first-order chi connectivity index (χ1) is 14.1. The van der Waals surface area contributed by atoms with Crippen molar-refractivity contribution in [1.29, 1.82) is 0 Å². The molecule has 2 aliphatic rings. The minimum absolute atomic E-state index is 0.0674. The van der Waals surface area contributed by atoms with Crippen molar-refractivity contribution in [2.75, 3.05) is 11.5 Å². The third kappa shape index (κ3) is 3.75. The van der Waals surface area contributed by atoms with E-state index >= 15 is 0 Å². The van der Waals surface area contributed by atoms with Crippen molar-refractivity contribution in [2.24, 2.45) is 0 Å². The number of ether oxygens (including phenoxy) is 2. The molecule has 1 heterocycles. The molecule has 150 valence electrons. The smallest absolute Gasteiger partial charge is 0.338 e. The van der Waals surface area contributed by atoms with E-state index in [1.807, 2.05) is 6.92 Å². The molecule has 0 radical (unpaired) electrons. The summed E-state index contributed by atoms with van der Waals surface area (Å²) < 4.78 is 11.0. The molecule has 6 nitrogen and oxygen atoms in total. The summed E-state index contributed by atoms with van der Waals surface area (Å²) in [5.74, 6) is -0.622. The van der Waals surface area contributed by atoms with E-state index in [9.17, 15) is 14.4 Å². The molecule has 1 saturated carbocycles. The minimum Gasteiger partial charge on any atom is -0.494 e. The molecule has 2 amide bonds. The van der Waals surface area contributed by atoms with Gasteiger partial charge in [0, 0.05) is 0 Å². The van der Waals surface area contributed by atoms with E-state index in [0.717, 1.165) is 30.6 Å². The molecule has 2 aromatic rings. The van der Waals surface area contributed by atoms with Crippen molar-refractivity contribution < 1.29 is 23.9 Å². The van der Waals surface area contributed by atoms with E-state index in [-0.39, 0.29) is 17.2 Å². The van der Waals surface area contributed by atoms with Gasteiger partial charge in [0.2, 0.25) is 0 Å². The Morgan fingerprint density at radius 3 is 2.34 bits per heavy atom. The number of carbonyl (C=O) groups is 3. The molecule has 0 unspecified atom stereocenters. The summed E-state index contributed by atoms with van der Waals surface area (Å²) >= 11 is 0. The Morgan fingerprint density at radius 1 is 0.966 bits per heavy atom. The Labute approximate surface area is 169 Å². The van der Waals surface area contributed by atoms with Crippen LogP contribution in [0.3, 0.4) is 0 Å². The number of nitrogens with zero attached hydrogens (tertiary/aromatic N) is 1. The van der Waals surface area contributed by atoms with Gasteiger partial charge in [-0.05, 0) is 75.1 Å².